The third kappa shape index (κ3) is 3.13. The molecule has 1 aromatic heterocycles. The Hall–Kier alpha value is -2.19. The number of hydrogen-bond acceptors (Lipinski definition) is 7. The van der Waals surface area contributed by atoms with Gasteiger partial charge in [-0.1, -0.05) is 30.0 Å². The van der Waals surface area contributed by atoms with Gasteiger partial charge in [0.1, 0.15) is 12.7 Å². The maximum absolute atomic E-state index is 5.44. The van der Waals surface area contributed by atoms with Crippen molar-refractivity contribution in [2.24, 2.45) is 9.98 Å². The first-order chi connectivity index (χ1) is 11.4. The standard InChI is InChI=1S/C15H16N6OS/c1-2-4-13-12(3-1)9-23-15(21-11-16-10-17-21)19-14(18-13)20-5-7-22-8-6-20/h1-4,10-11H,5-9H2/b18-14?,19-15-. The fourth-order valence-corrected chi connectivity index (χ4v) is 3.37. The van der Waals surface area contributed by atoms with Crippen molar-refractivity contribution in [3.63, 3.8) is 0 Å². The highest BCUT2D eigenvalue weighted by atomic mass is 32.2. The van der Waals surface area contributed by atoms with Crippen molar-refractivity contribution >= 4 is 28.6 Å². The number of thioether (sulfide) groups is 1. The van der Waals surface area contributed by atoms with Crippen LogP contribution in [0.5, 0.6) is 0 Å². The Balaban J connectivity index is 1.77. The van der Waals surface area contributed by atoms with E-state index in [0.717, 1.165) is 29.7 Å². The van der Waals surface area contributed by atoms with Crippen molar-refractivity contribution < 1.29 is 4.74 Å². The summed E-state index contributed by atoms with van der Waals surface area (Å²) >= 11 is 1.64. The molecule has 0 N–H and O–H groups in total. The second-order valence-corrected chi connectivity index (χ2v) is 6.11. The van der Waals surface area contributed by atoms with Crippen LogP contribution in [0.4, 0.5) is 5.69 Å². The molecule has 118 valence electrons. The van der Waals surface area contributed by atoms with Crippen molar-refractivity contribution in [3.05, 3.63) is 42.5 Å². The highest BCUT2D eigenvalue weighted by molar-refractivity contribution is 8.13. The molecule has 2 aliphatic heterocycles. The van der Waals surface area contributed by atoms with E-state index in [1.165, 1.54) is 11.9 Å². The van der Waals surface area contributed by atoms with Gasteiger partial charge in [-0.05, 0) is 11.6 Å². The number of aliphatic imine (C=N–C) groups is 2. The highest BCUT2D eigenvalue weighted by Crippen LogP contribution is 2.27. The van der Waals surface area contributed by atoms with Crippen LogP contribution in [-0.2, 0) is 10.5 Å². The van der Waals surface area contributed by atoms with E-state index < -0.39 is 0 Å². The van der Waals surface area contributed by atoms with Crippen LogP contribution in [0.3, 0.4) is 0 Å². The molecule has 4 rings (SSSR count). The van der Waals surface area contributed by atoms with E-state index in [1.54, 1.807) is 22.8 Å². The average Bonchev–Trinajstić information content (AvgIpc) is 3.11. The Bertz CT molecular complexity index is 736. The fraction of sp³-hybridized carbons (Fsp3) is 0.333. The van der Waals surface area contributed by atoms with E-state index in [-0.39, 0.29) is 0 Å². The normalized spacial score (nSPS) is 20.8. The van der Waals surface area contributed by atoms with Crippen LogP contribution in [0.1, 0.15) is 5.56 Å². The number of morpholine rings is 1. The molecular weight excluding hydrogens is 312 g/mol. The number of fused-ring (bicyclic) bond motifs is 1. The third-order valence-corrected chi connectivity index (χ3v) is 4.67. The van der Waals surface area contributed by atoms with Crippen LogP contribution in [0.25, 0.3) is 0 Å². The number of rotatable bonds is 0. The van der Waals surface area contributed by atoms with Crippen molar-refractivity contribution in [2.45, 2.75) is 5.75 Å². The third-order valence-electron chi connectivity index (χ3n) is 3.67. The summed E-state index contributed by atoms with van der Waals surface area (Å²) in [6.07, 6.45) is 3.18. The molecule has 0 bridgehead atoms. The van der Waals surface area contributed by atoms with Gasteiger partial charge in [0.15, 0.2) is 5.17 Å². The largest absolute Gasteiger partial charge is 0.378 e. The van der Waals surface area contributed by atoms with Gasteiger partial charge in [0.25, 0.3) is 0 Å². The van der Waals surface area contributed by atoms with Gasteiger partial charge in [-0.15, -0.1) is 0 Å². The van der Waals surface area contributed by atoms with Crippen molar-refractivity contribution in [2.75, 3.05) is 26.3 Å². The number of aromatic nitrogens is 3. The number of benzene rings is 1. The van der Waals surface area contributed by atoms with Gasteiger partial charge in [0.2, 0.25) is 5.96 Å². The summed E-state index contributed by atoms with van der Waals surface area (Å²) in [6.45, 7) is 2.98. The number of nitrogens with zero attached hydrogens (tertiary/aromatic N) is 6. The predicted molar refractivity (Wildman–Crippen MR) is 90.1 cm³/mol. The van der Waals surface area contributed by atoms with Crippen LogP contribution in [0, 0.1) is 0 Å². The van der Waals surface area contributed by atoms with Crippen LogP contribution >= 0.6 is 11.8 Å². The molecule has 0 spiro atoms. The second kappa shape index (κ2) is 6.51. The molecule has 2 aromatic rings. The lowest BCUT2D eigenvalue weighted by atomic mass is 10.2. The smallest absolute Gasteiger partial charge is 0.228 e. The molecule has 2 aliphatic rings. The molecule has 8 heteroatoms. The molecule has 1 saturated heterocycles. The number of ether oxygens (including phenoxy) is 1. The van der Waals surface area contributed by atoms with Gasteiger partial charge in [-0.2, -0.15) is 14.8 Å². The Morgan fingerprint density at radius 1 is 1.09 bits per heavy atom. The minimum atomic E-state index is 0.696. The van der Waals surface area contributed by atoms with Gasteiger partial charge in [-0.25, -0.2) is 9.98 Å². The fourth-order valence-electron chi connectivity index (χ4n) is 2.46. The highest BCUT2D eigenvalue weighted by Gasteiger charge is 2.19. The van der Waals surface area contributed by atoms with Crippen LogP contribution in [-0.4, -0.2) is 57.1 Å². The zero-order valence-corrected chi connectivity index (χ0v) is 13.3. The first kappa shape index (κ1) is 14.4. The van der Waals surface area contributed by atoms with E-state index in [0.29, 0.717) is 19.2 Å². The summed E-state index contributed by atoms with van der Waals surface area (Å²) < 4.78 is 7.13. The minimum absolute atomic E-state index is 0.696. The van der Waals surface area contributed by atoms with Gasteiger partial charge >= 0.3 is 0 Å². The first-order valence-electron chi connectivity index (χ1n) is 7.46. The molecule has 0 amide bonds. The summed E-state index contributed by atoms with van der Waals surface area (Å²) in [6, 6.07) is 8.18. The Morgan fingerprint density at radius 2 is 1.96 bits per heavy atom. The lowest BCUT2D eigenvalue weighted by Gasteiger charge is -2.28. The van der Waals surface area contributed by atoms with Crippen LogP contribution in [0.15, 0.2) is 46.9 Å². The van der Waals surface area contributed by atoms with E-state index in [4.69, 9.17) is 14.7 Å². The Kier molecular flexibility index (Phi) is 4.08. The van der Waals surface area contributed by atoms with Crippen LogP contribution < -0.4 is 0 Å². The van der Waals surface area contributed by atoms with Gasteiger partial charge in [-0.3, -0.25) is 0 Å². The van der Waals surface area contributed by atoms with E-state index in [1.807, 2.05) is 18.2 Å². The van der Waals surface area contributed by atoms with Crippen LogP contribution in [0.2, 0.25) is 0 Å². The quantitative estimate of drug-likeness (QED) is 0.737. The lowest BCUT2D eigenvalue weighted by Crippen LogP contribution is -2.40. The Labute approximate surface area is 138 Å². The maximum atomic E-state index is 5.44. The van der Waals surface area contributed by atoms with Gasteiger partial charge in [0.05, 0.1) is 18.9 Å². The summed E-state index contributed by atoms with van der Waals surface area (Å²) in [4.78, 5) is 15.7. The molecule has 0 unspecified atom stereocenters. The molecule has 1 fully saturated rings. The first-order valence-corrected chi connectivity index (χ1v) is 8.44. The van der Waals surface area contributed by atoms with Crippen molar-refractivity contribution in [1.82, 2.24) is 19.7 Å². The SMILES string of the molecule is c1ccc2c(c1)CS/C(n1cncn1)=N\C(N1CCOCC1)=N2. The molecule has 0 radical (unpaired) electrons. The monoisotopic (exact) mass is 328 g/mol. The molecular formula is C15H16N6OS. The number of para-hydroxylation sites is 1. The molecule has 1 aromatic carbocycles. The van der Waals surface area contributed by atoms with Gasteiger partial charge < -0.3 is 9.64 Å². The van der Waals surface area contributed by atoms with Crippen molar-refractivity contribution in [3.8, 4) is 0 Å². The molecule has 23 heavy (non-hydrogen) atoms. The Morgan fingerprint density at radius 3 is 2.78 bits per heavy atom. The van der Waals surface area contributed by atoms with Gasteiger partial charge in [0, 0.05) is 18.8 Å². The molecule has 7 nitrogen and oxygen atoms in total. The van der Waals surface area contributed by atoms with E-state index in [2.05, 4.69) is 21.0 Å². The molecule has 0 aliphatic carbocycles. The zero-order valence-electron chi connectivity index (χ0n) is 12.5. The molecule has 3 heterocycles. The molecule has 0 atom stereocenters. The summed E-state index contributed by atoms with van der Waals surface area (Å²) in [7, 11) is 0. The number of guanidine groups is 1. The lowest BCUT2D eigenvalue weighted by molar-refractivity contribution is 0.0676. The average molecular weight is 328 g/mol. The second-order valence-electron chi connectivity index (χ2n) is 5.16. The maximum Gasteiger partial charge on any atom is 0.228 e. The van der Waals surface area contributed by atoms with E-state index in [9.17, 15) is 0 Å². The number of hydrogen-bond donors (Lipinski definition) is 0. The van der Waals surface area contributed by atoms with E-state index >= 15 is 0 Å². The molecule has 0 saturated carbocycles. The predicted octanol–water partition coefficient (Wildman–Crippen LogP) is 1.75. The summed E-state index contributed by atoms with van der Waals surface area (Å²) in [5.74, 6) is 1.51. The summed E-state index contributed by atoms with van der Waals surface area (Å²) in [5, 5.41) is 4.98. The van der Waals surface area contributed by atoms with Crippen molar-refractivity contribution in [1.29, 1.82) is 0 Å². The summed E-state index contributed by atoms with van der Waals surface area (Å²) in [5.41, 5.74) is 2.17. The minimum Gasteiger partial charge on any atom is -0.378 e. The zero-order chi connectivity index (χ0) is 15.5. The topological polar surface area (TPSA) is 67.9 Å².